The molecule has 2 N–H and O–H groups in total. The van der Waals surface area contributed by atoms with Crippen LogP contribution in [0.3, 0.4) is 0 Å². The molecule has 0 unspecified atom stereocenters. The van der Waals surface area contributed by atoms with E-state index in [1.54, 1.807) is 0 Å². The van der Waals surface area contributed by atoms with Gasteiger partial charge in [0.05, 0.1) is 11.8 Å². The molecule has 3 rings (SSSR count). The lowest BCUT2D eigenvalue weighted by Gasteiger charge is -2.25. The Balaban J connectivity index is 1.93. The number of nitrogens with one attached hydrogen (secondary N) is 2. The Labute approximate surface area is 133 Å². The highest BCUT2D eigenvalue weighted by atomic mass is 19.4. The summed E-state index contributed by atoms with van der Waals surface area (Å²) in [5, 5.41) is 11.7. The van der Waals surface area contributed by atoms with E-state index in [9.17, 15) is 22.8 Å². The topological polar surface area (TPSA) is 92.7 Å². The van der Waals surface area contributed by atoms with Crippen LogP contribution in [-0.2, 0) is 6.18 Å². The zero-order valence-electron chi connectivity index (χ0n) is 12.4. The maximum absolute atomic E-state index is 13.4. The largest absolute Gasteiger partial charge is 0.434 e. The van der Waals surface area contributed by atoms with Crippen LogP contribution in [0.25, 0.3) is 5.82 Å². The van der Waals surface area contributed by atoms with E-state index >= 15 is 0 Å². The first-order valence-electron chi connectivity index (χ1n) is 7.36. The third kappa shape index (κ3) is 3.17. The third-order valence-electron chi connectivity index (χ3n) is 3.94. The fourth-order valence-electron chi connectivity index (χ4n) is 2.45. The quantitative estimate of drug-likeness (QED) is 0.881. The molecule has 0 bridgehead atoms. The fourth-order valence-corrected chi connectivity index (χ4v) is 2.45. The van der Waals surface area contributed by atoms with Crippen molar-refractivity contribution in [3.63, 3.8) is 0 Å². The van der Waals surface area contributed by atoms with Gasteiger partial charge in [-0.3, -0.25) is 9.59 Å². The number of aromatic nitrogens is 4. The van der Waals surface area contributed by atoms with E-state index in [-0.39, 0.29) is 5.82 Å². The van der Waals surface area contributed by atoms with Crippen LogP contribution in [0.4, 0.5) is 13.2 Å². The molecule has 0 atom stereocenters. The predicted molar refractivity (Wildman–Crippen MR) is 76.7 cm³/mol. The number of halogens is 3. The van der Waals surface area contributed by atoms with Crippen molar-refractivity contribution in [2.75, 3.05) is 6.54 Å². The second kappa shape index (κ2) is 6.10. The summed E-state index contributed by atoms with van der Waals surface area (Å²) in [5.41, 5.74) is -2.36. The molecule has 1 fully saturated rings. The Kier molecular flexibility index (Phi) is 4.12. The minimum absolute atomic E-state index is 0.236. The highest BCUT2D eigenvalue weighted by molar-refractivity contribution is 5.95. The van der Waals surface area contributed by atoms with E-state index < -0.39 is 28.9 Å². The van der Waals surface area contributed by atoms with Crippen molar-refractivity contribution in [2.24, 2.45) is 5.92 Å². The lowest BCUT2D eigenvalue weighted by molar-refractivity contribution is -0.143. The summed E-state index contributed by atoms with van der Waals surface area (Å²) in [5.74, 6) is -0.746. The third-order valence-corrected chi connectivity index (χ3v) is 3.94. The van der Waals surface area contributed by atoms with E-state index in [0.29, 0.717) is 17.1 Å². The molecule has 1 amide bonds. The summed E-state index contributed by atoms with van der Waals surface area (Å²) in [7, 11) is 0. The number of nitrogens with zero attached hydrogens (tertiary/aromatic N) is 3. The molecule has 0 saturated heterocycles. The molecule has 1 aliphatic rings. The molecule has 0 radical (unpaired) electrons. The zero-order chi connectivity index (χ0) is 17.3. The van der Waals surface area contributed by atoms with Crippen molar-refractivity contribution < 1.29 is 18.0 Å². The van der Waals surface area contributed by atoms with E-state index in [2.05, 4.69) is 15.5 Å². The van der Waals surface area contributed by atoms with Gasteiger partial charge in [-0.15, -0.1) is 0 Å². The number of H-pyrrole nitrogens is 1. The minimum atomic E-state index is -4.81. The Morgan fingerprint density at radius 3 is 2.67 bits per heavy atom. The van der Waals surface area contributed by atoms with Crippen molar-refractivity contribution in [2.45, 2.75) is 25.4 Å². The lowest BCUT2D eigenvalue weighted by atomic mass is 9.85. The van der Waals surface area contributed by atoms with Gasteiger partial charge in [0, 0.05) is 12.6 Å². The summed E-state index contributed by atoms with van der Waals surface area (Å²) in [4.78, 5) is 23.1. The van der Waals surface area contributed by atoms with Crippen molar-refractivity contribution >= 4 is 5.91 Å². The van der Waals surface area contributed by atoms with Gasteiger partial charge >= 0.3 is 6.18 Å². The molecule has 2 aromatic rings. The van der Waals surface area contributed by atoms with Crippen molar-refractivity contribution in [1.29, 1.82) is 0 Å². The maximum atomic E-state index is 13.4. The van der Waals surface area contributed by atoms with Gasteiger partial charge in [0.15, 0.2) is 11.5 Å². The normalized spacial score (nSPS) is 15.1. The maximum Gasteiger partial charge on any atom is 0.434 e. The fraction of sp³-hybridized carbons (Fsp3) is 0.429. The Morgan fingerprint density at radius 1 is 1.38 bits per heavy atom. The number of rotatable bonds is 4. The highest BCUT2D eigenvalue weighted by Crippen LogP contribution is 2.33. The average molecular weight is 341 g/mol. The van der Waals surface area contributed by atoms with Crippen molar-refractivity contribution in [3.8, 4) is 5.82 Å². The van der Waals surface area contributed by atoms with E-state index in [4.69, 9.17) is 0 Å². The first-order valence-corrected chi connectivity index (χ1v) is 7.36. The van der Waals surface area contributed by atoms with Gasteiger partial charge in [0.25, 0.3) is 11.5 Å². The highest BCUT2D eigenvalue weighted by Gasteiger charge is 2.41. The van der Waals surface area contributed by atoms with Crippen LogP contribution in [0.1, 0.15) is 35.3 Å². The first kappa shape index (κ1) is 16.2. The summed E-state index contributed by atoms with van der Waals surface area (Å²) in [6.45, 7) is 0.345. The summed E-state index contributed by atoms with van der Waals surface area (Å²) in [6.07, 6.45) is -0.951. The van der Waals surface area contributed by atoms with Crippen LogP contribution in [0.2, 0.25) is 0 Å². The Morgan fingerprint density at radius 2 is 2.12 bits per heavy atom. The van der Waals surface area contributed by atoms with E-state index in [0.717, 1.165) is 37.6 Å². The monoisotopic (exact) mass is 341 g/mol. The standard InChI is InChI=1S/C14H14F3N5O2/c15-14(16,17)12-9(13(24)18-6-8-2-1-3-8)7-19-22(12)10-4-5-11(23)21-20-10/h4-5,7-8H,1-3,6H2,(H,18,24)(H,21,23). The Bertz CT molecular complexity index is 787. The molecule has 1 aliphatic carbocycles. The lowest BCUT2D eigenvalue weighted by Crippen LogP contribution is -2.33. The predicted octanol–water partition coefficient (Wildman–Crippen LogP) is 1.50. The molecule has 1 saturated carbocycles. The van der Waals surface area contributed by atoms with Crippen LogP contribution in [0.15, 0.2) is 23.1 Å². The van der Waals surface area contributed by atoms with Crippen LogP contribution < -0.4 is 10.9 Å². The van der Waals surface area contributed by atoms with E-state index in [1.807, 2.05) is 5.10 Å². The van der Waals surface area contributed by atoms with Gasteiger partial charge in [-0.2, -0.15) is 23.4 Å². The molecule has 2 aromatic heterocycles. The number of alkyl halides is 3. The minimum Gasteiger partial charge on any atom is -0.352 e. The molecular formula is C14H14F3N5O2. The van der Waals surface area contributed by atoms with Crippen LogP contribution >= 0.6 is 0 Å². The average Bonchev–Trinajstić information content (AvgIpc) is 2.91. The van der Waals surface area contributed by atoms with Gasteiger partial charge in [0.1, 0.15) is 0 Å². The molecular weight excluding hydrogens is 327 g/mol. The van der Waals surface area contributed by atoms with Gasteiger partial charge in [-0.1, -0.05) is 6.42 Å². The van der Waals surface area contributed by atoms with Crippen LogP contribution in [0.5, 0.6) is 0 Å². The van der Waals surface area contributed by atoms with Gasteiger partial charge in [-0.05, 0) is 24.8 Å². The van der Waals surface area contributed by atoms with Gasteiger partial charge in [0.2, 0.25) is 0 Å². The second-order valence-corrected chi connectivity index (χ2v) is 5.60. The number of amides is 1. The Hall–Kier alpha value is -2.65. The second-order valence-electron chi connectivity index (χ2n) is 5.60. The smallest absolute Gasteiger partial charge is 0.352 e. The molecule has 0 spiro atoms. The summed E-state index contributed by atoms with van der Waals surface area (Å²) < 4.78 is 40.7. The number of carbonyl (C=O) groups is 1. The van der Waals surface area contributed by atoms with Crippen molar-refractivity contribution in [1.82, 2.24) is 25.3 Å². The molecule has 2 heterocycles. The molecule has 24 heavy (non-hydrogen) atoms. The van der Waals surface area contributed by atoms with Crippen molar-refractivity contribution in [3.05, 3.63) is 39.9 Å². The number of hydrogen-bond donors (Lipinski definition) is 2. The number of hydrogen-bond acceptors (Lipinski definition) is 4. The summed E-state index contributed by atoms with van der Waals surface area (Å²) >= 11 is 0. The SMILES string of the molecule is O=C(NCC1CCC1)c1cnn(-c2ccc(=O)[nH]n2)c1C(F)(F)F. The number of aromatic amines is 1. The first-order chi connectivity index (χ1) is 11.4. The van der Waals surface area contributed by atoms with Crippen LogP contribution in [-0.4, -0.2) is 32.4 Å². The molecule has 7 nitrogen and oxygen atoms in total. The number of carbonyl (C=O) groups excluding carboxylic acids is 1. The van der Waals surface area contributed by atoms with E-state index in [1.165, 1.54) is 0 Å². The summed E-state index contributed by atoms with van der Waals surface area (Å²) in [6, 6.07) is 2.12. The van der Waals surface area contributed by atoms with Crippen LogP contribution in [0, 0.1) is 5.92 Å². The molecule has 0 aromatic carbocycles. The molecule has 10 heteroatoms. The van der Waals surface area contributed by atoms with Gasteiger partial charge in [-0.25, -0.2) is 9.78 Å². The zero-order valence-corrected chi connectivity index (χ0v) is 12.4. The molecule has 128 valence electrons. The molecule has 0 aliphatic heterocycles. The van der Waals surface area contributed by atoms with Gasteiger partial charge < -0.3 is 5.32 Å².